The molecule has 0 aromatic heterocycles. The first-order valence-corrected chi connectivity index (χ1v) is 8.73. The van der Waals surface area contributed by atoms with Crippen molar-refractivity contribution in [1.82, 2.24) is 0 Å². The van der Waals surface area contributed by atoms with Gasteiger partial charge in [0.25, 0.3) is 0 Å². The Balaban J connectivity index is 2.37. The quantitative estimate of drug-likeness (QED) is 0.903. The third-order valence-corrected chi connectivity index (χ3v) is 7.64. The van der Waals surface area contributed by atoms with Crippen molar-refractivity contribution < 1.29 is 9.32 Å². The average Bonchev–Trinajstić information content (AvgIpc) is 2.74. The number of rotatable bonds is 5. The third kappa shape index (κ3) is 2.51. The largest absolute Gasteiger partial charge is 0.396 e. The van der Waals surface area contributed by atoms with Crippen LogP contribution in [0.1, 0.15) is 31.2 Å². The van der Waals surface area contributed by atoms with Crippen LogP contribution >= 0.6 is 11.8 Å². The van der Waals surface area contributed by atoms with E-state index < -0.39 is 10.8 Å². The van der Waals surface area contributed by atoms with E-state index in [2.05, 4.69) is 6.92 Å². The first-order chi connectivity index (χ1) is 8.74. The van der Waals surface area contributed by atoms with Crippen molar-refractivity contribution in [3.8, 4) is 0 Å². The van der Waals surface area contributed by atoms with Crippen LogP contribution < -0.4 is 0 Å². The maximum Gasteiger partial charge on any atom is 0.0998 e. The van der Waals surface area contributed by atoms with Gasteiger partial charge >= 0.3 is 0 Å². The molecule has 1 saturated heterocycles. The molecule has 0 bridgehead atoms. The normalized spacial score (nSPS) is 29.3. The number of aliphatic hydroxyl groups excluding tert-OH is 1. The Morgan fingerprint density at radius 2 is 2.17 bits per heavy atom. The van der Waals surface area contributed by atoms with Gasteiger partial charge in [-0.05, 0) is 24.2 Å². The highest BCUT2D eigenvalue weighted by Crippen LogP contribution is 2.49. The Morgan fingerprint density at radius 1 is 1.44 bits per heavy atom. The maximum atomic E-state index is 12.4. The molecule has 2 rings (SSSR count). The highest BCUT2D eigenvalue weighted by molar-refractivity contribution is 8.12. The van der Waals surface area contributed by atoms with Crippen LogP contribution in [0.25, 0.3) is 0 Å². The highest BCUT2D eigenvalue weighted by atomic mass is 32.2. The molecule has 1 fully saturated rings. The minimum Gasteiger partial charge on any atom is -0.396 e. The zero-order valence-electron chi connectivity index (χ0n) is 10.7. The smallest absolute Gasteiger partial charge is 0.0998 e. The van der Waals surface area contributed by atoms with Gasteiger partial charge in [0, 0.05) is 22.5 Å². The highest BCUT2D eigenvalue weighted by Gasteiger charge is 2.47. The summed E-state index contributed by atoms with van der Waals surface area (Å²) < 4.78 is 12.2. The van der Waals surface area contributed by atoms with Crippen molar-refractivity contribution >= 4 is 22.6 Å². The molecular formula is C14H20O2S2. The summed E-state index contributed by atoms with van der Waals surface area (Å²) in [5, 5.41) is 9.80. The van der Waals surface area contributed by atoms with E-state index >= 15 is 0 Å². The van der Waals surface area contributed by atoms with Crippen molar-refractivity contribution in [1.29, 1.82) is 0 Å². The molecule has 4 heteroatoms. The summed E-state index contributed by atoms with van der Waals surface area (Å²) in [5.41, 5.74) is 1.11. The fourth-order valence-corrected chi connectivity index (χ4v) is 6.71. The van der Waals surface area contributed by atoms with Crippen LogP contribution in [0.3, 0.4) is 0 Å². The Hall–Kier alpha value is -0.320. The average molecular weight is 284 g/mol. The van der Waals surface area contributed by atoms with Gasteiger partial charge in [-0.1, -0.05) is 37.3 Å². The van der Waals surface area contributed by atoms with E-state index in [-0.39, 0.29) is 16.6 Å². The summed E-state index contributed by atoms with van der Waals surface area (Å²) in [5.74, 6) is 1.69. The molecule has 3 unspecified atom stereocenters. The van der Waals surface area contributed by atoms with Gasteiger partial charge < -0.3 is 5.11 Å². The summed E-state index contributed by atoms with van der Waals surface area (Å²) in [7, 11) is -0.847. The minimum absolute atomic E-state index is 0.0213. The number of benzene rings is 1. The molecule has 1 heterocycles. The van der Waals surface area contributed by atoms with Gasteiger partial charge in [0.05, 0.1) is 10.7 Å². The monoisotopic (exact) mass is 284 g/mol. The second-order valence-electron chi connectivity index (χ2n) is 4.54. The lowest BCUT2D eigenvalue weighted by Crippen LogP contribution is -2.36. The lowest BCUT2D eigenvalue weighted by Gasteiger charge is -2.35. The van der Waals surface area contributed by atoms with Gasteiger partial charge in [-0.25, -0.2) is 0 Å². The molecule has 3 atom stereocenters. The van der Waals surface area contributed by atoms with E-state index in [0.717, 1.165) is 29.9 Å². The molecule has 0 saturated carbocycles. The molecule has 1 aromatic carbocycles. The Bertz CT molecular complexity index is 408. The van der Waals surface area contributed by atoms with Gasteiger partial charge in [0.15, 0.2) is 0 Å². The van der Waals surface area contributed by atoms with Crippen LogP contribution in [0.5, 0.6) is 0 Å². The van der Waals surface area contributed by atoms with Crippen molar-refractivity contribution in [2.75, 3.05) is 18.1 Å². The number of hydrogen-bond acceptors (Lipinski definition) is 3. The first kappa shape index (κ1) is 14.1. The SMILES string of the molecule is CCSC1(C(CO)c2ccccc2)CCCS1=O. The van der Waals surface area contributed by atoms with E-state index in [9.17, 15) is 9.32 Å². The summed E-state index contributed by atoms with van der Waals surface area (Å²) >= 11 is 1.76. The van der Waals surface area contributed by atoms with Gasteiger partial charge in [-0.3, -0.25) is 4.21 Å². The Morgan fingerprint density at radius 3 is 2.67 bits per heavy atom. The molecule has 1 aliphatic rings. The van der Waals surface area contributed by atoms with Crippen LogP contribution in [0.15, 0.2) is 30.3 Å². The molecule has 18 heavy (non-hydrogen) atoms. The van der Waals surface area contributed by atoms with Gasteiger partial charge in [-0.15, -0.1) is 11.8 Å². The van der Waals surface area contributed by atoms with Crippen LogP contribution in [0, 0.1) is 0 Å². The van der Waals surface area contributed by atoms with E-state index in [0.29, 0.717) is 0 Å². The van der Waals surface area contributed by atoms with Gasteiger partial charge in [0.1, 0.15) is 0 Å². The second-order valence-corrected chi connectivity index (χ2v) is 8.22. The lowest BCUT2D eigenvalue weighted by molar-refractivity contribution is 0.255. The van der Waals surface area contributed by atoms with E-state index in [1.54, 1.807) is 11.8 Å². The molecule has 2 nitrogen and oxygen atoms in total. The number of aliphatic hydroxyl groups is 1. The predicted octanol–water partition coefficient (Wildman–Crippen LogP) is 2.75. The molecule has 0 aliphatic carbocycles. The summed E-state index contributed by atoms with van der Waals surface area (Å²) in [6, 6.07) is 10.0. The van der Waals surface area contributed by atoms with E-state index in [1.165, 1.54) is 0 Å². The number of thioether (sulfide) groups is 1. The topological polar surface area (TPSA) is 37.3 Å². The zero-order valence-corrected chi connectivity index (χ0v) is 12.3. The molecular weight excluding hydrogens is 264 g/mol. The molecule has 0 spiro atoms. The van der Waals surface area contributed by atoms with Gasteiger partial charge in [-0.2, -0.15) is 0 Å². The third-order valence-electron chi connectivity index (χ3n) is 3.54. The Kier molecular flexibility index (Phi) is 4.87. The van der Waals surface area contributed by atoms with Crippen LogP contribution in [-0.4, -0.2) is 31.5 Å². The van der Waals surface area contributed by atoms with Crippen molar-refractivity contribution in [2.45, 2.75) is 29.8 Å². The number of hydrogen-bond donors (Lipinski definition) is 1. The zero-order chi connectivity index (χ0) is 13.0. The molecule has 0 radical (unpaired) electrons. The molecule has 0 amide bonds. The predicted molar refractivity (Wildman–Crippen MR) is 79.4 cm³/mol. The second kappa shape index (κ2) is 6.22. The van der Waals surface area contributed by atoms with Crippen molar-refractivity contribution in [2.24, 2.45) is 0 Å². The van der Waals surface area contributed by atoms with Crippen molar-refractivity contribution in [3.05, 3.63) is 35.9 Å². The van der Waals surface area contributed by atoms with E-state index in [1.807, 2.05) is 30.3 Å². The standard InChI is InChI=1S/C14H20O2S2/c1-2-17-14(9-6-10-18(14)16)13(11-15)12-7-4-3-5-8-12/h3-5,7-8,13,15H,2,6,9-11H2,1H3. The molecule has 1 aliphatic heterocycles. The molecule has 1 N–H and O–H groups in total. The Labute approximate surface area is 116 Å². The first-order valence-electron chi connectivity index (χ1n) is 6.43. The fraction of sp³-hybridized carbons (Fsp3) is 0.571. The van der Waals surface area contributed by atoms with Gasteiger partial charge in [0.2, 0.25) is 0 Å². The summed E-state index contributed by atoms with van der Waals surface area (Å²) in [6.07, 6.45) is 1.95. The summed E-state index contributed by atoms with van der Waals surface area (Å²) in [6.45, 7) is 2.17. The molecule has 1 aromatic rings. The van der Waals surface area contributed by atoms with E-state index in [4.69, 9.17) is 0 Å². The van der Waals surface area contributed by atoms with Crippen LogP contribution in [-0.2, 0) is 10.8 Å². The van der Waals surface area contributed by atoms with Crippen molar-refractivity contribution in [3.63, 3.8) is 0 Å². The van der Waals surface area contributed by atoms with Crippen LogP contribution in [0.2, 0.25) is 0 Å². The maximum absolute atomic E-state index is 12.4. The minimum atomic E-state index is -0.847. The van der Waals surface area contributed by atoms with Crippen LogP contribution in [0.4, 0.5) is 0 Å². The fourth-order valence-electron chi connectivity index (χ4n) is 2.74. The summed E-state index contributed by atoms with van der Waals surface area (Å²) in [4.78, 5) is 0. The lowest BCUT2D eigenvalue weighted by atomic mass is 9.93. The molecule has 100 valence electrons.